The summed E-state index contributed by atoms with van der Waals surface area (Å²) in [6.45, 7) is 4.59. The summed E-state index contributed by atoms with van der Waals surface area (Å²) in [7, 11) is 0. The van der Waals surface area contributed by atoms with Gasteiger partial charge in [-0.3, -0.25) is 9.69 Å². The molecule has 4 nitrogen and oxygen atoms in total. The molecule has 0 bridgehead atoms. The second kappa shape index (κ2) is 6.91. The number of benzene rings is 1. The maximum Gasteiger partial charge on any atom is 0.262 e. The maximum atomic E-state index is 13.2. The number of halogens is 2. The first-order chi connectivity index (χ1) is 10.6. The molecule has 0 radical (unpaired) electrons. The van der Waals surface area contributed by atoms with E-state index in [2.05, 4.69) is 10.2 Å². The predicted octanol–water partition coefficient (Wildman–Crippen LogP) is 2.76. The Labute approximate surface area is 136 Å². The summed E-state index contributed by atoms with van der Waals surface area (Å²) in [5, 5.41) is 3.98. The number of morpholine rings is 1. The van der Waals surface area contributed by atoms with Crippen molar-refractivity contribution in [3.63, 3.8) is 0 Å². The summed E-state index contributed by atoms with van der Waals surface area (Å²) in [5.41, 5.74) is 0. The van der Waals surface area contributed by atoms with Crippen molar-refractivity contribution in [2.75, 3.05) is 39.4 Å². The molecule has 22 heavy (non-hydrogen) atoms. The Kier molecular flexibility index (Phi) is 4.93. The third-order valence-corrected chi connectivity index (χ3v) is 5.27. The van der Waals surface area contributed by atoms with E-state index >= 15 is 0 Å². The molecule has 2 aromatic rings. The number of fused-ring (bicyclic) bond motifs is 1. The van der Waals surface area contributed by atoms with Crippen LogP contribution in [0.5, 0.6) is 0 Å². The monoisotopic (exact) mass is 342 g/mol. The highest BCUT2D eigenvalue weighted by molar-refractivity contribution is 7.21. The van der Waals surface area contributed by atoms with Crippen molar-refractivity contribution in [1.29, 1.82) is 0 Å². The zero-order valence-corrected chi connectivity index (χ0v) is 13.5. The lowest BCUT2D eigenvalue weighted by atomic mass is 10.2. The fourth-order valence-corrected chi connectivity index (χ4v) is 3.88. The van der Waals surface area contributed by atoms with E-state index in [1.54, 1.807) is 6.07 Å². The van der Waals surface area contributed by atoms with Gasteiger partial charge in [-0.15, -0.1) is 11.3 Å². The SMILES string of the molecule is O=C(NCCN1CCOCC1)c1sc2cc(F)ccc2c1Cl. The average Bonchev–Trinajstić information content (AvgIpc) is 2.84. The number of hydrogen-bond acceptors (Lipinski definition) is 4. The van der Waals surface area contributed by atoms with Crippen molar-refractivity contribution in [1.82, 2.24) is 10.2 Å². The van der Waals surface area contributed by atoms with E-state index < -0.39 is 0 Å². The summed E-state index contributed by atoms with van der Waals surface area (Å²) in [4.78, 5) is 14.9. The number of rotatable bonds is 4. The van der Waals surface area contributed by atoms with Crippen molar-refractivity contribution < 1.29 is 13.9 Å². The first kappa shape index (κ1) is 15.7. The van der Waals surface area contributed by atoms with Crippen LogP contribution in [-0.4, -0.2) is 50.2 Å². The molecule has 7 heteroatoms. The third-order valence-electron chi connectivity index (χ3n) is 3.62. The fourth-order valence-electron chi connectivity index (χ4n) is 2.42. The van der Waals surface area contributed by atoms with Crippen LogP contribution in [0.4, 0.5) is 4.39 Å². The molecule has 0 saturated carbocycles. The van der Waals surface area contributed by atoms with Crippen LogP contribution in [0.3, 0.4) is 0 Å². The Morgan fingerprint density at radius 1 is 1.41 bits per heavy atom. The molecular weight excluding hydrogens is 327 g/mol. The van der Waals surface area contributed by atoms with Crippen molar-refractivity contribution in [3.05, 3.63) is 33.9 Å². The molecule has 2 heterocycles. The smallest absolute Gasteiger partial charge is 0.262 e. The highest BCUT2D eigenvalue weighted by atomic mass is 35.5. The molecule has 1 N–H and O–H groups in total. The molecule has 1 saturated heterocycles. The highest BCUT2D eigenvalue weighted by Crippen LogP contribution is 2.35. The van der Waals surface area contributed by atoms with Gasteiger partial charge in [-0.25, -0.2) is 4.39 Å². The van der Waals surface area contributed by atoms with Crippen LogP contribution in [-0.2, 0) is 4.74 Å². The second-order valence-electron chi connectivity index (χ2n) is 5.10. The first-order valence-electron chi connectivity index (χ1n) is 7.11. The summed E-state index contributed by atoms with van der Waals surface area (Å²) in [6, 6.07) is 4.35. The Balaban J connectivity index is 1.63. The van der Waals surface area contributed by atoms with E-state index in [0.717, 1.165) is 32.8 Å². The van der Waals surface area contributed by atoms with E-state index in [0.29, 0.717) is 26.5 Å². The topological polar surface area (TPSA) is 41.6 Å². The van der Waals surface area contributed by atoms with Gasteiger partial charge in [-0.05, 0) is 18.2 Å². The molecule has 0 spiro atoms. The minimum absolute atomic E-state index is 0.208. The molecule has 1 fully saturated rings. The zero-order valence-electron chi connectivity index (χ0n) is 11.9. The van der Waals surface area contributed by atoms with Crippen molar-refractivity contribution in [3.8, 4) is 0 Å². The average molecular weight is 343 g/mol. The normalized spacial score (nSPS) is 16.1. The van der Waals surface area contributed by atoms with Gasteiger partial charge in [-0.2, -0.15) is 0 Å². The van der Waals surface area contributed by atoms with Gasteiger partial charge in [0.25, 0.3) is 5.91 Å². The van der Waals surface area contributed by atoms with Crippen LogP contribution in [0.1, 0.15) is 9.67 Å². The van der Waals surface area contributed by atoms with Crippen LogP contribution in [0.25, 0.3) is 10.1 Å². The first-order valence-corrected chi connectivity index (χ1v) is 8.30. The van der Waals surface area contributed by atoms with Crippen molar-refractivity contribution in [2.45, 2.75) is 0 Å². The van der Waals surface area contributed by atoms with Gasteiger partial charge < -0.3 is 10.1 Å². The van der Waals surface area contributed by atoms with Crippen LogP contribution >= 0.6 is 22.9 Å². The number of hydrogen-bond donors (Lipinski definition) is 1. The quantitative estimate of drug-likeness (QED) is 0.929. The molecule has 1 amide bonds. The zero-order chi connectivity index (χ0) is 15.5. The molecule has 118 valence electrons. The molecule has 3 rings (SSSR count). The summed E-state index contributed by atoms with van der Waals surface area (Å²) in [5.74, 6) is -0.537. The van der Waals surface area contributed by atoms with Crippen molar-refractivity contribution >= 4 is 38.9 Å². The lowest BCUT2D eigenvalue weighted by Crippen LogP contribution is -2.41. The van der Waals surface area contributed by atoms with Gasteiger partial charge in [0.05, 0.1) is 18.2 Å². The Hall–Kier alpha value is -1.21. The number of thiophene rings is 1. The molecular formula is C15H16ClFN2O2S. The molecule has 1 aliphatic rings. The maximum absolute atomic E-state index is 13.2. The van der Waals surface area contributed by atoms with Gasteiger partial charge in [0, 0.05) is 36.3 Å². The fraction of sp³-hybridized carbons (Fsp3) is 0.400. The number of carbonyl (C=O) groups is 1. The predicted molar refractivity (Wildman–Crippen MR) is 86.4 cm³/mol. The minimum atomic E-state index is -0.329. The van der Waals surface area contributed by atoms with Crippen molar-refractivity contribution in [2.24, 2.45) is 0 Å². The number of carbonyl (C=O) groups excluding carboxylic acids is 1. The van der Waals surface area contributed by atoms with Crippen LogP contribution in [0, 0.1) is 5.82 Å². The second-order valence-corrected chi connectivity index (χ2v) is 6.53. The standard InChI is InChI=1S/C15H16ClFN2O2S/c16-13-11-2-1-10(17)9-12(11)22-14(13)15(20)18-3-4-19-5-7-21-8-6-19/h1-2,9H,3-8H2,(H,18,20). The molecule has 0 atom stereocenters. The lowest BCUT2D eigenvalue weighted by molar-refractivity contribution is 0.0383. The Morgan fingerprint density at radius 3 is 2.95 bits per heavy atom. The highest BCUT2D eigenvalue weighted by Gasteiger charge is 2.17. The summed E-state index contributed by atoms with van der Waals surface area (Å²) < 4.78 is 19.2. The molecule has 1 aromatic carbocycles. The number of nitrogens with one attached hydrogen (secondary N) is 1. The van der Waals surface area contributed by atoms with E-state index in [1.165, 1.54) is 23.5 Å². The van der Waals surface area contributed by atoms with Gasteiger partial charge >= 0.3 is 0 Å². The van der Waals surface area contributed by atoms with E-state index in [9.17, 15) is 9.18 Å². The summed E-state index contributed by atoms with van der Waals surface area (Å²) >= 11 is 7.45. The van der Waals surface area contributed by atoms with Gasteiger partial charge in [0.1, 0.15) is 10.7 Å². The van der Waals surface area contributed by atoms with E-state index in [1.807, 2.05) is 0 Å². The third kappa shape index (κ3) is 3.41. The molecule has 1 aliphatic heterocycles. The van der Waals surface area contributed by atoms with Gasteiger partial charge in [0.15, 0.2) is 0 Å². The lowest BCUT2D eigenvalue weighted by Gasteiger charge is -2.26. The molecule has 0 aliphatic carbocycles. The van der Waals surface area contributed by atoms with Crippen LogP contribution in [0.15, 0.2) is 18.2 Å². The molecule has 0 unspecified atom stereocenters. The number of ether oxygens (including phenoxy) is 1. The Bertz CT molecular complexity index is 685. The van der Waals surface area contributed by atoms with Crippen LogP contribution in [0.2, 0.25) is 5.02 Å². The van der Waals surface area contributed by atoms with Crippen LogP contribution < -0.4 is 5.32 Å². The van der Waals surface area contributed by atoms with Gasteiger partial charge in [0.2, 0.25) is 0 Å². The summed E-state index contributed by atoms with van der Waals surface area (Å²) in [6.07, 6.45) is 0. The number of amides is 1. The largest absolute Gasteiger partial charge is 0.379 e. The van der Waals surface area contributed by atoms with E-state index in [-0.39, 0.29) is 11.7 Å². The number of nitrogens with zero attached hydrogens (tertiary/aromatic N) is 1. The van der Waals surface area contributed by atoms with E-state index in [4.69, 9.17) is 16.3 Å². The molecule has 1 aromatic heterocycles. The minimum Gasteiger partial charge on any atom is -0.379 e. The Morgan fingerprint density at radius 2 is 2.18 bits per heavy atom. The van der Waals surface area contributed by atoms with Gasteiger partial charge in [-0.1, -0.05) is 11.6 Å².